The fraction of sp³-hybridized carbons (Fsp3) is 0.435. The fourth-order valence-electron chi connectivity index (χ4n) is 4.65. The Bertz CT molecular complexity index is 1290. The van der Waals surface area contributed by atoms with Crippen LogP contribution in [0.1, 0.15) is 40.9 Å². The molecule has 1 aliphatic heterocycles. The summed E-state index contributed by atoms with van der Waals surface area (Å²) >= 11 is 0. The number of fused-ring (bicyclic) bond motifs is 1. The summed E-state index contributed by atoms with van der Waals surface area (Å²) in [5.41, 5.74) is 6.13. The van der Waals surface area contributed by atoms with Crippen LogP contribution in [0.3, 0.4) is 0 Å². The average Bonchev–Trinajstić information content (AvgIpc) is 3.39. The van der Waals surface area contributed by atoms with Gasteiger partial charge in [-0.05, 0) is 55.5 Å². The van der Waals surface area contributed by atoms with Gasteiger partial charge in [-0.2, -0.15) is 14.7 Å². The molecule has 0 N–H and O–H groups in total. The summed E-state index contributed by atoms with van der Waals surface area (Å²) < 4.78 is 9.17. The lowest BCUT2D eigenvalue weighted by Crippen LogP contribution is -2.36. The van der Waals surface area contributed by atoms with E-state index in [1.807, 2.05) is 31.8 Å². The number of aromatic nitrogens is 7. The van der Waals surface area contributed by atoms with Gasteiger partial charge in [0.2, 0.25) is 0 Å². The normalized spacial score (nSPS) is 20.8. The number of hydrogen-bond donors (Lipinski definition) is 0. The maximum absolute atomic E-state index is 5.44. The number of nitrogens with zero attached hydrogens (tertiary/aromatic N) is 8. The molecule has 2 aliphatic rings. The van der Waals surface area contributed by atoms with Crippen molar-refractivity contribution in [2.24, 2.45) is 7.05 Å². The van der Waals surface area contributed by atoms with Crippen LogP contribution in [0.5, 0.6) is 0 Å². The van der Waals surface area contributed by atoms with Gasteiger partial charge in [0.05, 0.1) is 24.6 Å². The van der Waals surface area contributed by atoms with E-state index in [0.717, 1.165) is 72.7 Å². The smallest absolute Gasteiger partial charge is 0.180 e. The predicted molar refractivity (Wildman–Crippen MR) is 120 cm³/mol. The lowest BCUT2D eigenvalue weighted by Gasteiger charge is -2.27. The lowest BCUT2D eigenvalue weighted by molar-refractivity contribution is 0.122. The summed E-state index contributed by atoms with van der Waals surface area (Å²) in [4.78, 5) is 7.01. The summed E-state index contributed by atoms with van der Waals surface area (Å²) in [5.74, 6) is 2.71. The lowest BCUT2D eigenvalue weighted by atomic mass is 10.1. The third-order valence-corrected chi connectivity index (χ3v) is 6.58. The van der Waals surface area contributed by atoms with E-state index < -0.39 is 0 Å². The SMILES string of the molecule is Cc1cc(-c2cc(C3CC3c3ccc(N4CCOCC4)nc3)nn2C)nn2c(C)nnc12. The Morgan fingerprint density at radius 3 is 2.62 bits per heavy atom. The van der Waals surface area contributed by atoms with Crippen molar-refractivity contribution in [1.29, 1.82) is 0 Å². The zero-order valence-electron chi connectivity index (χ0n) is 18.6. The number of rotatable bonds is 4. The molecule has 9 heteroatoms. The van der Waals surface area contributed by atoms with E-state index in [9.17, 15) is 0 Å². The number of pyridine rings is 1. The highest BCUT2D eigenvalue weighted by Crippen LogP contribution is 2.54. The minimum absolute atomic E-state index is 0.424. The molecule has 0 aromatic carbocycles. The Labute approximate surface area is 186 Å². The third-order valence-electron chi connectivity index (χ3n) is 6.58. The zero-order valence-corrected chi connectivity index (χ0v) is 18.6. The number of anilines is 1. The van der Waals surface area contributed by atoms with Crippen molar-refractivity contribution >= 4 is 11.5 Å². The molecule has 1 saturated carbocycles. The van der Waals surface area contributed by atoms with Crippen LogP contribution in [-0.2, 0) is 11.8 Å². The first-order valence-corrected chi connectivity index (χ1v) is 11.1. The van der Waals surface area contributed by atoms with Crippen LogP contribution in [0.4, 0.5) is 5.82 Å². The van der Waals surface area contributed by atoms with Crippen molar-refractivity contribution in [2.75, 3.05) is 31.2 Å². The van der Waals surface area contributed by atoms with Crippen LogP contribution < -0.4 is 4.90 Å². The van der Waals surface area contributed by atoms with Crippen molar-refractivity contribution in [1.82, 2.24) is 34.6 Å². The highest BCUT2D eigenvalue weighted by atomic mass is 16.5. The van der Waals surface area contributed by atoms with Crippen LogP contribution in [-0.4, -0.2) is 60.9 Å². The van der Waals surface area contributed by atoms with Crippen LogP contribution in [0.25, 0.3) is 17.0 Å². The second kappa shape index (κ2) is 7.37. The molecule has 0 bridgehead atoms. The second-order valence-electron chi connectivity index (χ2n) is 8.77. The number of morpholine rings is 1. The van der Waals surface area contributed by atoms with Crippen molar-refractivity contribution in [3.8, 4) is 11.4 Å². The molecule has 0 radical (unpaired) electrons. The second-order valence-corrected chi connectivity index (χ2v) is 8.77. The maximum Gasteiger partial charge on any atom is 0.180 e. The van der Waals surface area contributed by atoms with Crippen LogP contribution in [0.2, 0.25) is 0 Å². The molecule has 9 nitrogen and oxygen atoms in total. The van der Waals surface area contributed by atoms with Gasteiger partial charge in [0.1, 0.15) is 11.5 Å². The molecule has 6 rings (SSSR count). The molecule has 164 valence electrons. The molecule has 4 aromatic heterocycles. The van der Waals surface area contributed by atoms with Gasteiger partial charge >= 0.3 is 0 Å². The number of hydrogen-bond acceptors (Lipinski definition) is 7. The van der Waals surface area contributed by atoms with Crippen molar-refractivity contribution in [3.05, 3.63) is 53.1 Å². The molecule has 0 spiro atoms. The number of aryl methyl sites for hydroxylation is 3. The van der Waals surface area contributed by atoms with Crippen LogP contribution in [0, 0.1) is 13.8 Å². The van der Waals surface area contributed by atoms with Gasteiger partial charge in [-0.15, -0.1) is 10.2 Å². The summed E-state index contributed by atoms with van der Waals surface area (Å²) in [6, 6.07) is 8.60. The standard InChI is InChI=1S/C23H26N8O/c1-14-10-20(28-31-15(2)25-26-23(14)31)21-12-19(27-29(21)3)18-11-17(18)16-4-5-22(24-13-16)30-6-8-32-9-7-30/h4-5,10,12-13,17-18H,6-9,11H2,1-3H3. The van der Waals surface area contributed by atoms with Gasteiger partial charge in [-0.25, -0.2) is 4.98 Å². The molecular formula is C23H26N8O. The molecule has 2 unspecified atom stereocenters. The molecule has 2 atom stereocenters. The third kappa shape index (κ3) is 3.24. The van der Waals surface area contributed by atoms with E-state index >= 15 is 0 Å². The van der Waals surface area contributed by atoms with Crippen molar-refractivity contribution in [2.45, 2.75) is 32.1 Å². The van der Waals surface area contributed by atoms with E-state index in [0.29, 0.717) is 11.8 Å². The Balaban J connectivity index is 1.23. The molecule has 4 aromatic rings. The molecular weight excluding hydrogens is 404 g/mol. The van der Waals surface area contributed by atoms with Gasteiger partial charge in [0.25, 0.3) is 0 Å². The predicted octanol–water partition coefficient (Wildman–Crippen LogP) is 2.64. The van der Waals surface area contributed by atoms with Gasteiger partial charge in [-0.3, -0.25) is 4.68 Å². The summed E-state index contributed by atoms with van der Waals surface area (Å²) in [6.45, 7) is 7.31. The molecule has 0 amide bonds. The van der Waals surface area contributed by atoms with Gasteiger partial charge in [0, 0.05) is 32.3 Å². The van der Waals surface area contributed by atoms with E-state index in [2.05, 4.69) is 39.4 Å². The topological polar surface area (TPSA) is 86.3 Å². The first-order valence-electron chi connectivity index (χ1n) is 11.1. The Hall–Kier alpha value is -3.33. The molecule has 32 heavy (non-hydrogen) atoms. The summed E-state index contributed by atoms with van der Waals surface area (Å²) in [5, 5.41) is 17.9. The van der Waals surface area contributed by atoms with E-state index in [4.69, 9.17) is 19.9 Å². The minimum atomic E-state index is 0.424. The molecule has 1 saturated heterocycles. The average molecular weight is 431 g/mol. The van der Waals surface area contributed by atoms with E-state index in [1.165, 1.54) is 5.56 Å². The largest absolute Gasteiger partial charge is 0.378 e. The van der Waals surface area contributed by atoms with Crippen molar-refractivity contribution in [3.63, 3.8) is 0 Å². The van der Waals surface area contributed by atoms with Crippen LogP contribution in [0.15, 0.2) is 30.5 Å². The molecule has 1 aliphatic carbocycles. The molecule has 5 heterocycles. The zero-order chi connectivity index (χ0) is 21.8. The van der Waals surface area contributed by atoms with Gasteiger partial charge < -0.3 is 9.64 Å². The summed E-state index contributed by atoms with van der Waals surface area (Å²) in [6.07, 6.45) is 3.14. The van der Waals surface area contributed by atoms with Gasteiger partial charge in [-0.1, -0.05) is 6.07 Å². The quantitative estimate of drug-likeness (QED) is 0.492. The maximum atomic E-state index is 5.44. The monoisotopic (exact) mass is 430 g/mol. The summed E-state index contributed by atoms with van der Waals surface area (Å²) in [7, 11) is 1.98. The fourth-order valence-corrected chi connectivity index (χ4v) is 4.65. The first-order chi connectivity index (χ1) is 15.6. The highest BCUT2D eigenvalue weighted by molar-refractivity contribution is 5.60. The minimum Gasteiger partial charge on any atom is -0.378 e. The van der Waals surface area contributed by atoms with Gasteiger partial charge in [0.15, 0.2) is 11.5 Å². The molecule has 2 fully saturated rings. The number of ether oxygens (including phenoxy) is 1. The highest BCUT2D eigenvalue weighted by Gasteiger charge is 2.42. The van der Waals surface area contributed by atoms with E-state index in [1.54, 1.807) is 4.52 Å². The Morgan fingerprint density at radius 2 is 1.84 bits per heavy atom. The Morgan fingerprint density at radius 1 is 1.00 bits per heavy atom. The van der Waals surface area contributed by atoms with E-state index in [-0.39, 0.29) is 0 Å². The van der Waals surface area contributed by atoms with Crippen molar-refractivity contribution < 1.29 is 4.74 Å². The Kier molecular flexibility index (Phi) is 4.46. The van der Waals surface area contributed by atoms with Crippen LogP contribution >= 0.6 is 0 Å². The first kappa shape index (κ1) is 19.4.